The van der Waals surface area contributed by atoms with Crippen LogP contribution in [0.15, 0.2) is 71.6 Å². The monoisotopic (exact) mass is 503 g/mol. The van der Waals surface area contributed by atoms with E-state index in [0.717, 1.165) is 12.0 Å². The van der Waals surface area contributed by atoms with Gasteiger partial charge in [-0.1, -0.05) is 49.4 Å². The molecule has 0 aliphatic carbocycles. The molecule has 0 saturated heterocycles. The molecule has 1 amide bonds. The van der Waals surface area contributed by atoms with Gasteiger partial charge in [0.2, 0.25) is 0 Å². The molecule has 0 aliphatic heterocycles. The summed E-state index contributed by atoms with van der Waals surface area (Å²) < 4.78 is 59.0. The molecule has 34 heavy (non-hydrogen) atoms. The van der Waals surface area contributed by atoms with Crippen molar-refractivity contribution in [2.24, 2.45) is 0 Å². The van der Waals surface area contributed by atoms with E-state index in [-0.39, 0.29) is 21.9 Å². The van der Waals surface area contributed by atoms with Crippen LogP contribution in [0.4, 0.5) is 5.69 Å². The molecular weight excluding hydrogens is 482 g/mol. The van der Waals surface area contributed by atoms with Crippen LogP contribution < -0.4 is 5.32 Å². The smallest absolute Gasteiger partial charge is 0.322 e. The fourth-order valence-electron chi connectivity index (χ4n) is 3.05. The van der Waals surface area contributed by atoms with Gasteiger partial charge in [-0.25, -0.2) is 0 Å². The predicted octanol–water partition coefficient (Wildman–Crippen LogP) is 3.61. The molecule has 0 spiro atoms. The van der Waals surface area contributed by atoms with Crippen LogP contribution in [0, 0.1) is 0 Å². The Hall–Kier alpha value is -3.67. The quantitative estimate of drug-likeness (QED) is 0.382. The van der Waals surface area contributed by atoms with Crippen molar-refractivity contribution in [3.05, 3.63) is 83.4 Å². The highest BCUT2D eigenvalue weighted by atomic mass is 32.2. The Labute approximate surface area is 198 Å². The summed E-state index contributed by atoms with van der Waals surface area (Å²) in [4.78, 5) is 23.8. The lowest BCUT2D eigenvalue weighted by molar-refractivity contribution is 0.101. The first-order valence-electron chi connectivity index (χ1n) is 9.82. The van der Waals surface area contributed by atoms with Gasteiger partial charge in [0.25, 0.3) is 16.0 Å². The molecule has 0 aromatic heterocycles. The highest BCUT2D eigenvalue weighted by Gasteiger charge is 2.19. The first-order chi connectivity index (χ1) is 15.9. The third kappa shape index (κ3) is 7.44. The summed E-state index contributed by atoms with van der Waals surface area (Å²) >= 11 is 0. The van der Waals surface area contributed by atoms with Gasteiger partial charge in [0, 0.05) is 22.4 Å². The number of carbonyl (C=O) groups is 2. The number of nitrogens with one attached hydrogen (secondary N) is 1. The van der Waals surface area contributed by atoms with Crippen LogP contribution >= 0.6 is 0 Å². The minimum atomic E-state index is -4.53. The summed E-state index contributed by atoms with van der Waals surface area (Å²) in [6.45, 7) is 3.42. The molecule has 2 N–H and O–H groups in total. The number of carbonyl (C=O) groups excluding carboxylic acids is 2. The second kappa shape index (κ2) is 11.5. The van der Waals surface area contributed by atoms with Crippen LogP contribution in [0.5, 0.6) is 0 Å². The highest BCUT2D eigenvalue weighted by Crippen LogP contribution is 2.30. The zero-order valence-electron chi connectivity index (χ0n) is 18.2. The second-order valence-electron chi connectivity index (χ2n) is 7.03. The summed E-state index contributed by atoms with van der Waals surface area (Å²) in [6.07, 6.45) is 0.848. The number of Topliss-reactive ketones (excluding diaryl/α,β-unsaturated/α-hetero) is 1. The van der Waals surface area contributed by atoms with Crippen LogP contribution in [0.1, 0.15) is 40.1 Å². The fourth-order valence-corrected chi connectivity index (χ4v) is 3.79. The molecule has 0 atom stereocenters. The molecule has 0 unspecified atom stereocenters. The number of anilines is 1. The molecule has 0 fully saturated rings. The molecule has 178 valence electrons. The molecule has 0 saturated carbocycles. The minimum Gasteiger partial charge on any atom is -0.322 e. The largest absolute Gasteiger partial charge is 0.425 e. The molecule has 0 aliphatic rings. The molecule has 0 heterocycles. The molecule has 11 heteroatoms. The average molecular weight is 504 g/mol. The fraction of sp³-hybridized carbons (Fsp3) is 0.130. The maximum absolute atomic E-state index is 12.5. The van der Waals surface area contributed by atoms with E-state index >= 15 is 0 Å². The molecular formula is C23H21NO8S2. The van der Waals surface area contributed by atoms with Crippen molar-refractivity contribution in [1.29, 1.82) is 0 Å². The number of hydrogen-bond acceptors (Lipinski definition) is 7. The van der Waals surface area contributed by atoms with Gasteiger partial charge in [0.1, 0.15) is 4.90 Å². The van der Waals surface area contributed by atoms with Crippen molar-refractivity contribution >= 4 is 38.1 Å². The maximum Gasteiger partial charge on any atom is 0.425 e. The predicted molar refractivity (Wildman–Crippen MR) is 125 cm³/mol. The van der Waals surface area contributed by atoms with E-state index in [0.29, 0.717) is 16.7 Å². The third-order valence-corrected chi connectivity index (χ3v) is 5.62. The Morgan fingerprint density at radius 3 is 2.03 bits per heavy atom. The topological polar surface area (TPSA) is 152 Å². The average Bonchev–Trinajstić information content (AvgIpc) is 2.78. The van der Waals surface area contributed by atoms with Gasteiger partial charge in [0.05, 0.1) is 0 Å². The number of benzene rings is 3. The Bertz CT molecular complexity index is 1420. The van der Waals surface area contributed by atoms with E-state index in [1.807, 2.05) is 19.1 Å². The molecule has 3 rings (SSSR count). The first-order valence-corrected chi connectivity index (χ1v) is 12.3. The van der Waals surface area contributed by atoms with E-state index in [2.05, 4.69) is 5.32 Å². The SMILES string of the molecule is CCc1ccc(-c2ccc(NC(=O)c3cccc(C(C)=O)c3)cc2S(=O)(=O)O)cc1.O=S(=O)=O. The van der Waals surface area contributed by atoms with Gasteiger partial charge in [-0.15, -0.1) is 12.6 Å². The van der Waals surface area contributed by atoms with Crippen molar-refractivity contribution in [1.82, 2.24) is 0 Å². The van der Waals surface area contributed by atoms with Crippen molar-refractivity contribution in [2.45, 2.75) is 25.2 Å². The van der Waals surface area contributed by atoms with Gasteiger partial charge < -0.3 is 5.32 Å². The van der Waals surface area contributed by atoms with Crippen LogP contribution in [0.2, 0.25) is 0 Å². The van der Waals surface area contributed by atoms with Crippen LogP contribution in [-0.2, 0) is 27.1 Å². The minimum absolute atomic E-state index is 0.170. The van der Waals surface area contributed by atoms with Crippen molar-refractivity contribution in [3.8, 4) is 11.1 Å². The number of rotatable bonds is 6. The number of hydrogen-bond donors (Lipinski definition) is 2. The van der Waals surface area contributed by atoms with E-state index in [1.165, 1.54) is 25.1 Å². The molecule has 0 bridgehead atoms. The molecule has 0 radical (unpaired) electrons. The zero-order chi connectivity index (χ0) is 25.5. The summed E-state index contributed by atoms with van der Waals surface area (Å²) in [5.74, 6) is -0.670. The van der Waals surface area contributed by atoms with Crippen LogP contribution in [0.25, 0.3) is 11.1 Å². The van der Waals surface area contributed by atoms with Crippen molar-refractivity contribution in [3.63, 3.8) is 0 Å². The Morgan fingerprint density at radius 2 is 1.50 bits per heavy atom. The van der Waals surface area contributed by atoms with Gasteiger partial charge in [-0.05, 0) is 48.7 Å². The lowest BCUT2D eigenvalue weighted by Gasteiger charge is -2.12. The van der Waals surface area contributed by atoms with Gasteiger partial charge in [-0.2, -0.15) is 8.42 Å². The van der Waals surface area contributed by atoms with E-state index in [1.54, 1.807) is 36.4 Å². The normalized spacial score (nSPS) is 10.6. The van der Waals surface area contributed by atoms with Gasteiger partial charge in [-0.3, -0.25) is 14.1 Å². The van der Waals surface area contributed by atoms with Crippen LogP contribution in [0.3, 0.4) is 0 Å². The van der Waals surface area contributed by atoms with E-state index in [9.17, 15) is 22.6 Å². The lowest BCUT2D eigenvalue weighted by Crippen LogP contribution is -2.13. The van der Waals surface area contributed by atoms with E-state index in [4.69, 9.17) is 12.6 Å². The molecule has 3 aromatic carbocycles. The second-order valence-corrected chi connectivity index (χ2v) is 8.83. The Kier molecular flexibility index (Phi) is 8.96. The number of amides is 1. The van der Waals surface area contributed by atoms with Gasteiger partial charge >= 0.3 is 10.6 Å². The first kappa shape index (κ1) is 26.6. The summed E-state index contributed by atoms with van der Waals surface area (Å²) in [6, 6.07) is 17.9. The summed E-state index contributed by atoms with van der Waals surface area (Å²) in [7, 11) is -7.65. The highest BCUT2D eigenvalue weighted by molar-refractivity contribution is 7.86. The summed E-state index contributed by atoms with van der Waals surface area (Å²) in [5.41, 5.74) is 2.92. The molecule has 3 aromatic rings. The lowest BCUT2D eigenvalue weighted by atomic mass is 10.0. The summed E-state index contributed by atoms with van der Waals surface area (Å²) in [5, 5.41) is 2.61. The maximum atomic E-state index is 12.5. The third-order valence-electron chi connectivity index (χ3n) is 4.72. The van der Waals surface area contributed by atoms with E-state index < -0.39 is 26.6 Å². The van der Waals surface area contributed by atoms with Crippen molar-refractivity contribution in [2.75, 3.05) is 5.32 Å². The molecule has 9 nitrogen and oxygen atoms in total. The number of aryl methyl sites for hydroxylation is 1. The Morgan fingerprint density at radius 1 is 0.912 bits per heavy atom. The van der Waals surface area contributed by atoms with Crippen LogP contribution in [-0.4, -0.2) is 37.3 Å². The number of ketones is 1. The van der Waals surface area contributed by atoms with Crippen molar-refractivity contribution < 1.29 is 35.2 Å². The zero-order valence-corrected chi connectivity index (χ0v) is 19.8. The van der Waals surface area contributed by atoms with Gasteiger partial charge in [0.15, 0.2) is 5.78 Å². The standard InChI is InChI=1S/C23H21NO5S.O3S/c1-3-16-7-9-17(10-8-16)21-12-11-20(14-22(21)30(27,28)29)24-23(26)19-6-4-5-18(13-19)15(2)25;1-4(2)3/h4-14H,3H2,1-2H3,(H,24,26)(H,27,28,29);. The Balaban J connectivity index is 0.000000945.